The van der Waals surface area contributed by atoms with Crippen LogP contribution < -0.4 is 0 Å². The van der Waals surface area contributed by atoms with Crippen LogP contribution in [0.25, 0.3) is 97.9 Å². The van der Waals surface area contributed by atoms with Gasteiger partial charge in [0.15, 0.2) is 5.82 Å². The molecule has 0 saturated heterocycles. The standard InChI is InChI=1S/C46H28N4S/c1-4-16-29(17-5-1)35-28-39(48-46(47-35)30-18-6-2-7-19-30)50-37-26-14-11-23-33(37)42-44(50)43-40(41-34-24-12-15-27-38(34)51-45(41)42)32-22-10-13-25-36(32)49(43)31-20-8-3-9-21-31/h1-28H. The molecule has 0 aliphatic heterocycles. The largest absolute Gasteiger partial charge is 0.307 e. The van der Waals surface area contributed by atoms with Gasteiger partial charge in [0.25, 0.3) is 0 Å². The van der Waals surface area contributed by atoms with Crippen molar-refractivity contribution < 1.29 is 0 Å². The van der Waals surface area contributed by atoms with Gasteiger partial charge in [0.2, 0.25) is 0 Å². The molecular formula is C46H28N4S. The number of hydrogen-bond donors (Lipinski definition) is 0. The molecular weight excluding hydrogens is 641 g/mol. The Morgan fingerprint density at radius 3 is 1.71 bits per heavy atom. The van der Waals surface area contributed by atoms with Crippen molar-refractivity contribution >= 4 is 75.1 Å². The first-order valence-electron chi connectivity index (χ1n) is 17.2. The smallest absolute Gasteiger partial charge is 0.162 e. The second kappa shape index (κ2) is 11.0. The van der Waals surface area contributed by atoms with Crippen molar-refractivity contribution in [3.8, 4) is 34.2 Å². The molecule has 0 amide bonds. The Bertz CT molecular complexity index is 3060. The van der Waals surface area contributed by atoms with Gasteiger partial charge in [-0.25, -0.2) is 9.97 Å². The van der Waals surface area contributed by atoms with Gasteiger partial charge in [0.1, 0.15) is 5.82 Å². The zero-order valence-corrected chi connectivity index (χ0v) is 28.2. The van der Waals surface area contributed by atoms with Crippen molar-refractivity contribution in [2.45, 2.75) is 0 Å². The number of thiophene rings is 1. The summed E-state index contributed by atoms with van der Waals surface area (Å²) in [5.74, 6) is 1.53. The number of hydrogen-bond acceptors (Lipinski definition) is 3. The van der Waals surface area contributed by atoms with Crippen LogP contribution in [0.2, 0.25) is 0 Å². The van der Waals surface area contributed by atoms with Crippen molar-refractivity contribution in [3.63, 3.8) is 0 Å². The second-order valence-corrected chi connectivity index (χ2v) is 14.0. The third kappa shape index (κ3) is 4.13. The lowest BCUT2D eigenvalue weighted by atomic mass is 10.0. The maximum atomic E-state index is 5.40. The minimum Gasteiger partial charge on any atom is -0.307 e. The molecule has 0 fully saturated rings. The summed E-state index contributed by atoms with van der Waals surface area (Å²) in [6.07, 6.45) is 0. The maximum absolute atomic E-state index is 5.40. The summed E-state index contributed by atoms with van der Waals surface area (Å²) < 4.78 is 7.45. The topological polar surface area (TPSA) is 35.6 Å². The molecule has 0 aliphatic carbocycles. The van der Waals surface area contributed by atoms with Crippen LogP contribution >= 0.6 is 11.3 Å². The fraction of sp³-hybridized carbons (Fsp3) is 0. The van der Waals surface area contributed by atoms with E-state index in [1.807, 2.05) is 35.6 Å². The molecule has 0 aliphatic rings. The van der Waals surface area contributed by atoms with Crippen molar-refractivity contribution in [3.05, 3.63) is 170 Å². The molecule has 0 spiro atoms. The minimum absolute atomic E-state index is 0.695. The first-order valence-corrected chi connectivity index (χ1v) is 18.0. The zero-order chi connectivity index (χ0) is 33.5. The number of rotatable bonds is 4. The Balaban J connectivity index is 1.42. The second-order valence-electron chi connectivity index (χ2n) is 13.0. The molecule has 0 bridgehead atoms. The first-order chi connectivity index (χ1) is 25.3. The number of nitrogens with zero attached hydrogens (tertiary/aromatic N) is 4. The molecule has 7 aromatic carbocycles. The van der Waals surface area contributed by atoms with E-state index < -0.39 is 0 Å². The molecule has 51 heavy (non-hydrogen) atoms. The molecule has 0 atom stereocenters. The van der Waals surface area contributed by atoms with Crippen LogP contribution in [0.15, 0.2) is 170 Å². The van der Waals surface area contributed by atoms with E-state index in [2.05, 4.69) is 155 Å². The van der Waals surface area contributed by atoms with E-state index in [9.17, 15) is 0 Å². The van der Waals surface area contributed by atoms with Crippen LogP contribution in [0.4, 0.5) is 0 Å². The lowest BCUT2D eigenvalue weighted by molar-refractivity contribution is 1.05. The predicted octanol–water partition coefficient (Wildman–Crippen LogP) is 12.4. The van der Waals surface area contributed by atoms with E-state index in [4.69, 9.17) is 9.97 Å². The normalized spacial score (nSPS) is 11.9. The molecule has 0 radical (unpaired) electrons. The van der Waals surface area contributed by atoms with Gasteiger partial charge in [-0.2, -0.15) is 0 Å². The van der Waals surface area contributed by atoms with Crippen LogP contribution in [0.3, 0.4) is 0 Å². The molecule has 5 heteroatoms. The number of benzene rings is 7. The highest BCUT2D eigenvalue weighted by Crippen LogP contribution is 2.51. The molecule has 11 aromatic rings. The molecule has 4 nitrogen and oxygen atoms in total. The summed E-state index contributed by atoms with van der Waals surface area (Å²) >= 11 is 1.89. The Morgan fingerprint density at radius 2 is 0.980 bits per heavy atom. The minimum atomic E-state index is 0.695. The average molecular weight is 669 g/mol. The summed E-state index contributed by atoms with van der Waals surface area (Å²) in [6.45, 7) is 0. The summed E-state index contributed by atoms with van der Waals surface area (Å²) in [7, 11) is 0. The SMILES string of the molecule is c1ccc(-c2cc(-n3c4ccccc4c4c5sc6ccccc6c5c5c6ccccc6n(-c6ccccc6)c5c43)nc(-c3ccccc3)n2)cc1. The molecule has 11 rings (SSSR count). The molecule has 4 heterocycles. The Hall–Kier alpha value is -6.56. The predicted molar refractivity (Wildman–Crippen MR) is 214 cm³/mol. The van der Waals surface area contributed by atoms with Crippen LogP contribution in [0.1, 0.15) is 0 Å². The summed E-state index contributed by atoms with van der Waals surface area (Å²) in [5.41, 5.74) is 8.64. The number of aromatic nitrogens is 4. The highest BCUT2D eigenvalue weighted by molar-refractivity contribution is 7.27. The van der Waals surface area contributed by atoms with Gasteiger partial charge in [-0.15, -0.1) is 11.3 Å². The number of fused-ring (bicyclic) bond motifs is 12. The third-order valence-electron chi connectivity index (χ3n) is 10.1. The first kappa shape index (κ1) is 28.3. The maximum Gasteiger partial charge on any atom is 0.162 e. The molecule has 0 unspecified atom stereocenters. The quantitative estimate of drug-likeness (QED) is 0.187. The van der Waals surface area contributed by atoms with Crippen molar-refractivity contribution in [2.75, 3.05) is 0 Å². The van der Waals surface area contributed by atoms with E-state index in [0.717, 1.165) is 39.4 Å². The molecule has 238 valence electrons. The van der Waals surface area contributed by atoms with Crippen LogP contribution in [0.5, 0.6) is 0 Å². The van der Waals surface area contributed by atoms with E-state index in [1.165, 1.54) is 52.8 Å². The summed E-state index contributed by atoms with van der Waals surface area (Å²) in [5, 5.41) is 7.55. The highest BCUT2D eigenvalue weighted by Gasteiger charge is 2.27. The van der Waals surface area contributed by atoms with Gasteiger partial charge in [0.05, 0.1) is 27.8 Å². The molecule has 0 N–H and O–H groups in total. The summed E-state index contributed by atoms with van der Waals surface area (Å²) in [6, 6.07) is 60.2. The van der Waals surface area contributed by atoms with Crippen LogP contribution in [-0.2, 0) is 0 Å². The van der Waals surface area contributed by atoms with Gasteiger partial charge in [-0.3, -0.25) is 4.57 Å². The Kier molecular flexibility index (Phi) is 6.09. The average Bonchev–Trinajstić information content (AvgIpc) is 3.87. The van der Waals surface area contributed by atoms with Crippen LogP contribution in [0, 0.1) is 0 Å². The van der Waals surface area contributed by atoms with Crippen LogP contribution in [-0.4, -0.2) is 19.1 Å². The van der Waals surface area contributed by atoms with E-state index >= 15 is 0 Å². The Morgan fingerprint density at radius 1 is 0.431 bits per heavy atom. The van der Waals surface area contributed by atoms with Gasteiger partial charge in [-0.05, 0) is 30.3 Å². The lowest BCUT2D eigenvalue weighted by Crippen LogP contribution is -2.04. The van der Waals surface area contributed by atoms with E-state index in [1.54, 1.807) is 0 Å². The Labute approximate surface area is 297 Å². The highest BCUT2D eigenvalue weighted by atomic mass is 32.1. The number of para-hydroxylation sites is 3. The third-order valence-corrected chi connectivity index (χ3v) is 11.3. The lowest BCUT2D eigenvalue weighted by Gasteiger charge is -2.14. The monoisotopic (exact) mass is 668 g/mol. The van der Waals surface area contributed by atoms with E-state index in [-0.39, 0.29) is 0 Å². The zero-order valence-electron chi connectivity index (χ0n) is 27.4. The van der Waals surface area contributed by atoms with Gasteiger partial charge < -0.3 is 4.57 Å². The van der Waals surface area contributed by atoms with Gasteiger partial charge in [0, 0.05) is 64.6 Å². The fourth-order valence-corrected chi connectivity index (χ4v) is 9.26. The van der Waals surface area contributed by atoms with Crippen molar-refractivity contribution in [1.29, 1.82) is 0 Å². The fourth-order valence-electron chi connectivity index (χ4n) is 7.99. The van der Waals surface area contributed by atoms with E-state index in [0.29, 0.717) is 5.82 Å². The van der Waals surface area contributed by atoms with Crippen molar-refractivity contribution in [1.82, 2.24) is 19.1 Å². The van der Waals surface area contributed by atoms with Gasteiger partial charge >= 0.3 is 0 Å². The van der Waals surface area contributed by atoms with Gasteiger partial charge in [-0.1, -0.05) is 133 Å². The van der Waals surface area contributed by atoms with Crippen molar-refractivity contribution in [2.24, 2.45) is 0 Å². The molecule has 0 saturated carbocycles. The summed E-state index contributed by atoms with van der Waals surface area (Å²) in [4.78, 5) is 10.6. The molecule has 4 aromatic heterocycles.